The first-order valence-electron chi connectivity index (χ1n) is 8.78. The van der Waals surface area contributed by atoms with E-state index in [1.54, 1.807) is 23.0 Å². The highest BCUT2D eigenvalue weighted by atomic mass is 32.1. The Kier molecular flexibility index (Phi) is 6.32. The zero-order valence-corrected chi connectivity index (χ0v) is 16.8. The Bertz CT molecular complexity index is 1070. The van der Waals surface area contributed by atoms with Crippen molar-refractivity contribution in [3.05, 3.63) is 69.4 Å². The minimum atomic E-state index is -0.620. The van der Waals surface area contributed by atoms with Crippen LogP contribution >= 0.6 is 11.3 Å². The monoisotopic (exact) mass is 409 g/mol. The molecule has 0 aliphatic carbocycles. The normalized spacial score (nSPS) is 10.8. The second-order valence-corrected chi connectivity index (χ2v) is 7.04. The summed E-state index contributed by atoms with van der Waals surface area (Å²) in [6, 6.07) is 7.58. The molecule has 0 spiro atoms. The molecule has 3 rings (SSSR count). The third-order valence-corrected chi connectivity index (χ3v) is 5.10. The minimum Gasteiger partial charge on any atom is -0.467 e. The molecule has 0 aliphatic heterocycles. The van der Waals surface area contributed by atoms with Crippen molar-refractivity contribution in [1.82, 2.24) is 4.57 Å². The van der Waals surface area contributed by atoms with E-state index in [0.29, 0.717) is 23.7 Å². The Labute approximate surface area is 171 Å². The number of anilines is 1. The van der Waals surface area contributed by atoms with Gasteiger partial charge in [0.05, 0.1) is 18.4 Å². The molecule has 0 bridgehead atoms. The summed E-state index contributed by atoms with van der Waals surface area (Å²) < 4.78 is 12.2. The molecule has 1 amide bonds. The highest BCUT2D eigenvalue weighted by molar-refractivity contribution is 7.08. The lowest BCUT2D eigenvalue weighted by molar-refractivity contribution is -0.142. The minimum absolute atomic E-state index is 0.355. The first-order chi connectivity index (χ1) is 14.0. The number of ether oxygens (including phenoxy) is 1. The number of furan rings is 1. The molecule has 1 N–H and O–H groups in total. The van der Waals surface area contributed by atoms with E-state index >= 15 is 0 Å². The van der Waals surface area contributed by atoms with Gasteiger partial charge < -0.3 is 19.0 Å². The van der Waals surface area contributed by atoms with Crippen molar-refractivity contribution in [2.45, 2.75) is 20.4 Å². The fraction of sp³-hybridized carbons (Fsp3) is 0.190. The number of esters is 1. The topological polar surface area (TPSA) is 97.3 Å². The molecular formula is C21H19N3O4S. The molecule has 148 valence electrons. The number of rotatable bonds is 7. The fourth-order valence-corrected chi connectivity index (χ4v) is 3.40. The molecular weight excluding hydrogens is 390 g/mol. The van der Waals surface area contributed by atoms with Gasteiger partial charge in [0.2, 0.25) is 0 Å². The summed E-state index contributed by atoms with van der Waals surface area (Å²) in [5.74, 6) is -0.107. The number of nitriles is 1. The number of hydrogen-bond acceptors (Lipinski definition) is 6. The molecule has 0 fully saturated rings. The number of thiophene rings is 1. The Hall–Kier alpha value is -3.57. The van der Waals surface area contributed by atoms with Gasteiger partial charge in [0.1, 0.15) is 17.6 Å². The predicted molar refractivity (Wildman–Crippen MR) is 109 cm³/mol. The second kappa shape index (κ2) is 9.08. The van der Waals surface area contributed by atoms with Crippen molar-refractivity contribution in [1.29, 1.82) is 5.26 Å². The van der Waals surface area contributed by atoms with Gasteiger partial charge in [-0.15, -0.1) is 0 Å². The molecule has 0 unspecified atom stereocenters. The molecule has 3 heterocycles. The molecule has 0 saturated heterocycles. The predicted octanol–water partition coefficient (Wildman–Crippen LogP) is 3.87. The number of aromatic nitrogens is 1. The van der Waals surface area contributed by atoms with Crippen molar-refractivity contribution in [2.75, 3.05) is 11.9 Å². The van der Waals surface area contributed by atoms with Gasteiger partial charge in [0.25, 0.3) is 5.91 Å². The molecule has 7 nitrogen and oxygen atoms in total. The lowest BCUT2D eigenvalue weighted by atomic mass is 10.2. The van der Waals surface area contributed by atoms with Crippen LogP contribution < -0.4 is 5.32 Å². The first kappa shape index (κ1) is 20.2. The lowest BCUT2D eigenvalue weighted by Crippen LogP contribution is -2.22. The van der Waals surface area contributed by atoms with Crippen LogP contribution in [0.5, 0.6) is 0 Å². The van der Waals surface area contributed by atoms with Gasteiger partial charge in [-0.3, -0.25) is 4.79 Å². The maximum atomic E-state index is 12.3. The summed E-state index contributed by atoms with van der Waals surface area (Å²) in [6.07, 6.45) is 4.45. The van der Waals surface area contributed by atoms with Gasteiger partial charge in [-0.2, -0.15) is 16.6 Å². The quantitative estimate of drug-likeness (QED) is 0.472. The van der Waals surface area contributed by atoms with Gasteiger partial charge in [0, 0.05) is 11.8 Å². The summed E-state index contributed by atoms with van der Waals surface area (Å²) in [5.41, 5.74) is 2.86. The summed E-state index contributed by atoms with van der Waals surface area (Å²) in [6.45, 7) is 3.59. The van der Waals surface area contributed by atoms with Gasteiger partial charge in [-0.25, -0.2) is 4.79 Å². The van der Waals surface area contributed by atoms with Crippen LogP contribution in [0.1, 0.15) is 28.1 Å². The Morgan fingerprint density at radius 2 is 2.21 bits per heavy atom. The van der Waals surface area contributed by atoms with E-state index in [0.717, 1.165) is 16.8 Å². The number of nitrogens with one attached hydrogen (secondary N) is 1. The van der Waals surface area contributed by atoms with Crippen LogP contribution in [0.4, 0.5) is 5.82 Å². The molecule has 8 heteroatoms. The van der Waals surface area contributed by atoms with Crippen molar-refractivity contribution in [3.63, 3.8) is 0 Å². The van der Waals surface area contributed by atoms with Gasteiger partial charge >= 0.3 is 5.97 Å². The van der Waals surface area contributed by atoms with E-state index in [1.807, 2.05) is 36.7 Å². The standard InChI is InChI=1S/C21H19N3O4S/c1-14-15(2)24(11-17-4-3-8-27-17)21(18(14)10-22)23-19(25)12-28-20(26)6-5-16-7-9-29-13-16/h3-9,13H,11-12H2,1-2H3,(H,23,25)/b6-5+. The molecule has 0 atom stereocenters. The second-order valence-electron chi connectivity index (χ2n) is 6.26. The van der Waals surface area contributed by atoms with Crippen LogP contribution in [0.2, 0.25) is 0 Å². The van der Waals surface area contributed by atoms with E-state index in [2.05, 4.69) is 11.4 Å². The smallest absolute Gasteiger partial charge is 0.331 e. The average molecular weight is 409 g/mol. The maximum Gasteiger partial charge on any atom is 0.331 e. The van der Waals surface area contributed by atoms with Crippen molar-refractivity contribution >= 4 is 35.1 Å². The van der Waals surface area contributed by atoms with E-state index in [9.17, 15) is 14.9 Å². The Balaban J connectivity index is 1.68. The van der Waals surface area contributed by atoms with E-state index in [4.69, 9.17) is 9.15 Å². The third kappa shape index (κ3) is 4.83. The highest BCUT2D eigenvalue weighted by Crippen LogP contribution is 2.27. The molecule has 0 aromatic carbocycles. The summed E-state index contributed by atoms with van der Waals surface area (Å²) in [4.78, 5) is 24.1. The van der Waals surface area contributed by atoms with Crippen molar-refractivity contribution in [2.24, 2.45) is 0 Å². The Morgan fingerprint density at radius 1 is 1.38 bits per heavy atom. The molecule has 0 radical (unpaired) electrons. The fourth-order valence-electron chi connectivity index (χ4n) is 2.77. The van der Waals surface area contributed by atoms with Crippen LogP contribution in [0.15, 0.2) is 45.7 Å². The van der Waals surface area contributed by atoms with E-state index < -0.39 is 18.5 Å². The number of hydrogen-bond donors (Lipinski definition) is 1. The molecule has 0 saturated carbocycles. The zero-order valence-electron chi connectivity index (χ0n) is 16.0. The van der Waals surface area contributed by atoms with Crippen LogP contribution in [0, 0.1) is 25.2 Å². The summed E-state index contributed by atoms with van der Waals surface area (Å²) in [5, 5.41) is 16.0. The SMILES string of the molecule is Cc1c(C#N)c(NC(=O)COC(=O)/C=C/c2ccsc2)n(Cc2ccco2)c1C. The average Bonchev–Trinajstić information content (AvgIpc) is 3.45. The number of nitrogens with zero attached hydrogens (tertiary/aromatic N) is 2. The van der Waals surface area contributed by atoms with Gasteiger partial charge in [-0.1, -0.05) is 0 Å². The largest absolute Gasteiger partial charge is 0.467 e. The zero-order chi connectivity index (χ0) is 20.8. The Morgan fingerprint density at radius 3 is 2.86 bits per heavy atom. The molecule has 3 aromatic rings. The van der Waals surface area contributed by atoms with Crippen LogP contribution in [0.25, 0.3) is 6.08 Å². The molecule has 3 aromatic heterocycles. The maximum absolute atomic E-state index is 12.3. The summed E-state index contributed by atoms with van der Waals surface area (Å²) in [7, 11) is 0. The highest BCUT2D eigenvalue weighted by Gasteiger charge is 2.20. The third-order valence-electron chi connectivity index (χ3n) is 4.39. The molecule has 0 aliphatic rings. The van der Waals surface area contributed by atoms with Gasteiger partial charge in [-0.05, 0) is 60.0 Å². The molecule has 29 heavy (non-hydrogen) atoms. The number of carbonyl (C=O) groups excluding carboxylic acids is 2. The summed E-state index contributed by atoms with van der Waals surface area (Å²) >= 11 is 1.52. The van der Waals surface area contributed by atoms with Crippen LogP contribution in [-0.2, 0) is 20.9 Å². The van der Waals surface area contributed by atoms with E-state index in [1.165, 1.54) is 17.4 Å². The first-order valence-corrected chi connectivity index (χ1v) is 9.73. The lowest BCUT2D eigenvalue weighted by Gasteiger charge is -2.12. The van der Waals surface area contributed by atoms with Crippen molar-refractivity contribution < 1.29 is 18.7 Å². The number of carbonyl (C=O) groups is 2. The number of amides is 1. The van der Waals surface area contributed by atoms with E-state index in [-0.39, 0.29) is 0 Å². The van der Waals surface area contributed by atoms with Crippen molar-refractivity contribution in [3.8, 4) is 6.07 Å². The van der Waals surface area contributed by atoms with Crippen LogP contribution in [-0.4, -0.2) is 23.1 Å². The van der Waals surface area contributed by atoms with Gasteiger partial charge in [0.15, 0.2) is 6.61 Å². The van der Waals surface area contributed by atoms with Crippen LogP contribution in [0.3, 0.4) is 0 Å².